The zero-order chi connectivity index (χ0) is 20.7. The fourth-order valence-electron chi connectivity index (χ4n) is 6.34. The van der Waals surface area contributed by atoms with Gasteiger partial charge in [0, 0.05) is 29.7 Å². The van der Waals surface area contributed by atoms with Crippen LogP contribution < -0.4 is 0 Å². The Balaban J connectivity index is 1.49. The lowest BCUT2D eigenvalue weighted by Crippen LogP contribution is -2.47. The van der Waals surface area contributed by atoms with Gasteiger partial charge in [-0.15, -0.1) is 0 Å². The molecule has 1 atom stereocenters. The van der Waals surface area contributed by atoms with E-state index in [0.717, 1.165) is 38.5 Å². The number of nitrogens with zero attached hydrogens (tertiary/aromatic N) is 3. The third-order valence-electron chi connectivity index (χ3n) is 8.05. The number of carbonyl (C=O) groups excluding carboxylic acids is 1. The zero-order valence-electron chi connectivity index (χ0n) is 18.8. The highest BCUT2D eigenvalue weighted by Gasteiger charge is 2.37. The van der Waals surface area contributed by atoms with E-state index in [0.29, 0.717) is 12.5 Å². The molecule has 1 saturated carbocycles. The quantitative estimate of drug-likeness (QED) is 0.677. The molecule has 0 radical (unpaired) electrons. The number of benzene rings is 1. The SMILES string of the molecule is CCN(CC)CC(=O)N1CCn2c3c(c4cc(C5CCCCC5)ccc42)CCCC31. The Morgan fingerprint density at radius 2 is 1.83 bits per heavy atom. The number of aryl methyl sites for hydroxylation is 1. The molecule has 2 aromatic rings. The molecule has 2 aliphatic carbocycles. The predicted molar refractivity (Wildman–Crippen MR) is 123 cm³/mol. The summed E-state index contributed by atoms with van der Waals surface area (Å²) < 4.78 is 2.56. The average molecular weight is 408 g/mol. The van der Waals surface area contributed by atoms with Gasteiger partial charge in [-0.1, -0.05) is 39.2 Å². The van der Waals surface area contributed by atoms with Crippen LogP contribution in [0.1, 0.15) is 87.6 Å². The van der Waals surface area contributed by atoms with Crippen molar-refractivity contribution in [3.05, 3.63) is 35.0 Å². The number of aromatic nitrogens is 1. The Labute approximate surface area is 181 Å². The minimum Gasteiger partial charge on any atom is -0.341 e. The normalized spacial score (nSPS) is 22.0. The molecule has 1 aromatic carbocycles. The molecule has 0 N–H and O–H groups in total. The molecule has 162 valence electrons. The van der Waals surface area contributed by atoms with E-state index in [9.17, 15) is 4.79 Å². The van der Waals surface area contributed by atoms with Crippen LogP contribution in [0.25, 0.3) is 10.9 Å². The fraction of sp³-hybridized carbons (Fsp3) is 0.654. The first-order valence-corrected chi connectivity index (χ1v) is 12.4. The van der Waals surface area contributed by atoms with E-state index in [1.54, 1.807) is 11.1 Å². The number of hydrogen-bond donors (Lipinski definition) is 0. The summed E-state index contributed by atoms with van der Waals surface area (Å²) in [4.78, 5) is 17.6. The summed E-state index contributed by atoms with van der Waals surface area (Å²) in [6.45, 7) is 8.53. The molecule has 1 aromatic heterocycles. The minimum absolute atomic E-state index is 0.274. The lowest BCUT2D eigenvalue weighted by atomic mass is 9.83. The highest BCUT2D eigenvalue weighted by Crippen LogP contribution is 2.44. The summed E-state index contributed by atoms with van der Waals surface area (Å²) in [6, 6.07) is 7.59. The van der Waals surface area contributed by atoms with Gasteiger partial charge >= 0.3 is 0 Å². The third kappa shape index (κ3) is 3.37. The molecule has 1 amide bonds. The molecular formula is C26H37N3O. The van der Waals surface area contributed by atoms with Crippen LogP contribution in [0.15, 0.2) is 18.2 Å². The molecule has 1 aliphatic heterocycles. The molecule has 0 spiro atoms. The fourth-order valence-corrected chi connectivity index (χ4v) is 6.34. The molecular weight excluding hydrogens is 370 g/mol. The highest BCUT2D eigenvalue weighted by atomic mass is 16.2. The number of rotatable bonds is 5. The van der Waals surface area contributed by atoms with Crippen molar-refractivity contribution in [1.82, 2.24) is 14.4 Å². The van der Waals surface area contributed by atoms with Crippen molar-refractivity contribution in [2.45, 2.75) is 83.7 Å². The van der Waals surface area contributed by atoms with Crippen molar-refractivity contribution in [2.75, 3.05) is 26.2 Å². The van der Waals surface area contributed by atoms with E-state index >= 15 is 0 Å². The van der Waals surface area contributed by atoms with Crippen molar-refractivity contribution < 1.29 is 4.79 Å². The Bertz CT molecular complexity index is 920. The summed E-state index contributed by atoms with van der Waals surface area (Å²) in [6.07, 6.45) is 10.4. The maximum atomic E-state index is 13.2. The Morgan fingerprint density at radius 1 is 1.03 bits per heavy atom. The van der Waals surface area contributed by atoms with Gasteiger partial charge in [0.15, 0.2) is 0 Å². The molecule has 4 heteroatoms. The molecule has 4 nitrogen and oxygen atoms in total. The van der Waals surface area contributed by atoms with Crippen molar-refractivity contribution in [1.29, 1.82) is 0 Å². The second-order valence-corrected chi connectivity index (χ2v) is 9.58. The predicted octanol–water partition coefficient (Wildman–Crippen LogP) is 5.25. The van der Waals surface area contributed by atoms with Crippen LogP contribution in [-0.4, -0.2) is 46.5 Å². The second kappa shape index (κ2) is 8.37. The first-order valence-electron chi connectivity index (χ1n) is 12.4. The van der Waals surface area contributed by atoms with Gasteiger partial charge in [-0.3, -0.25) is 9.69 Å². The van der Waals surface area contributed by atoms with Crippen LogP contribution in [0.2, 0.25) is 0 Å². The molecule has 5 rings (SSSR count). The lowest BCUT2D eigenvalue weighted by molar-refractivity contribution is -0.136. The number of carbonyl (C=O) groups is 1. The van der Waals surface area contributed by atoms with Gasteiger partial charge in [-0.25, -0.2) is 0 Å². The topological polar surface area (TPSA) is 28.5 Å². The molecule has 3 aliphatic rings. The van der Waals surface area contributed by atoms with Crippen LogP contribution in [0.4, 0.5) is 0 Å². The second-order valence-electron chi connectivity index (χ2n) is 9.58. The summed E-state index contributed by atoms with van der Waals surface area (Å²) in [5.74, 6) is 1.06. The van der Waals surface area contributed by atoms with E-state index in [4.69, 9.17) is 0 Å². The molecule has 2 heterocycles. The van der Waals surface area contributed by atoms with E-state index in [1.807, 2.05) is 0 Å². The highest BCUT2D eigenvalue weighted by molar-refractivity contribution is 5.88. The molecule has 0 bridgehead atoms. The number of fused-ring (bicyclic) bond motifs is 3. The van der Waals surface area contributed by atoms with E-state index in [2.05, 4.69) is 46.4 Å². The zero-order valence-corrected chi connectivity index (χ0v) is 18.8. The van der Waals surface area contributed by atoms with E-state index in [1.165, 1.54) is 61.5 Å². The molecule has 30 heavy (non-hydrogen) atoms. The summed E-state index contributed by atoms with van der Waals surface area (Å²) >= 11 is 0. The van der Waals surface area contributed by atoms with Gasteiger partial charge in [0.2, 0.25) is 5.91 Å². The smallest absolute Gasteiger partial charge is 0.237 e. The molecule has 0 saturated heterocycles. The van der Waals surface area contributed by atoms with Crippen LogP contribution in [0, 0.1) is 0 Å². The van der Waals surface area contributed by atoms with E-state index in [-0.39, 0.29) is 6.04 Å². The molecule has 1 fully saturated rings. The van der Waals surface area contributed by atoms with Crippen molar-refractivity contribution >= 4 is 16.8 Å². The Morgan fingerprint density at radius 3 is 2.60 bits per heavy atom. The summed E-state index contributed by atoms with van der Waals surface area (Å²) in [5.41, 5.74) is 5.95. The standard InChI is InChI=1S/C26H37N3O/c1-3-27(4-2)18-25(30)28-15-16-29-23-14-13-20(19-9-6-5-7-10-19)17-22(23)21-11-8-12-24(28)26(21)29/h13-14,17,19,24H,3-12,15-16,18H2,1-2H3. The van der Waals surface area contributed by atoms with Gasteiger partial charge < -0.3 is 9.47 Å². The molecule has 1 unspecified atom stereocenters. The first-order chi connectivity index (χ1) is 14.7. The number of likely N-dealkylation sites (N-methyl/N-ethyl adjacent to an activating group) is 1. The van der Waals surface area contributed by atoms with Crippen LogP contribution in [0.5, 0.6) is 0 Å². The van der Waals surface area contributed by atoms with Crippen LogP contribution in [-0.2, 0) is 17.8 Å². The van der Waals surface area contributed by atoms with Crippen LogP contribution in [0.3, 0.4) is 0 Å². The van der Waals surface area contributed by atoms with Gasteiger partial charge in [-0.05, 0) is 74.4 Å². The first kappa shape index (κ1) is 20.1. The maximum absolute atomic E-state index is 13.2. The number of amides is 1. The lowest BCUT2D eigenvalue weighted by Gasteiger charge is -2.40. The summed E-state index contributed by atoms with van der Waals surface area (Å²) in [5, 5.41) is 1.48. The summed E-state index contributed by atoms with van der Waals surface area (Å²) in [7, 11) is 0. The van der Waals surface area contributed by atoms with Gasteiger partial charge in [-0.2, -0.15) is 0 Å². The van der Waals surface area contributed by atoms with Crippen molar-refractivity contribution in [3.63, 3.8) is 0 Å². The number of hydrogen-bond acceptors (Lipinski definition) is 2. The van der Waals surface area contributed by atoms with Crippen molar-refractivity contribution in [2.24, 2.45) is 0 Å². The van der Waals surface area contributed by atoms with Gasteiger partial charge in [0.05, 0.1) is 12.6 Å². The largest absolute Gasteiger partial charge is 0.341 e. The Kier molecular flexibility index (Phi) is 5.61. The average Bonchev–Trinajstić information content (AvgIpc) is 3.13. The minimum atomic E-state index is 0.274. The van der Waals surface area contributed by atoms with Gasteiger partial charge in [0.25, 0.3) is 0 Å². The van der Waals surface area contributed by atoms with Gasteiger partial charge in [0.1, 0.15) is 0 Å². The van der Waals surface area contributed by atoms with Crippen molar-refractivity contribution in [3.8, 4) is 0 Å². The van der Waals surface area contributed by atoms with Crippen LogP contribution >= 0.6 is 0 Å². The van der Waals surface area contributed by atoms with E-state index < -0.39 is 0 Å². The Hall–Kier alpha value is -1.81. The maximum Gasteiger partial charge on any atom is 0.237 e. The monoisotopic (exact) mass is 407 g/mol. The third-order valence-corrected chi connectivity index (χ3v) is 8.05.